The van der Waals surface area contributed by atoms with E-state index >= 15 is 0 Å². The second-order valence-corrected chi connectivity index (χ2v) is 8.11. The molecule has 1 aliphatic heterocycles. The number of hydrogen-bond acceptors (Lipinski definition) is 3. The monoisotopic (exact) mass is 355 g/mol. The van der Waals surface area contributed by atoms with Crippen molar-refractivity contribution >= 4 is 0 Å². The molecular formula is C22H33N3O. The van der Waals surface area contributed by atoms with E-state index < -0.39 is 0 Å². The van der Waals surface area contributed by atoms with Gasteiger partial charge in [-0.25, -0.2) is 4.98 Å². The summed E-state index contributed by atoms with van der Waals surface area (Å²) in [6.07, 6.45) is 4.22. The number of aromatic nitrogens is 2. The van der Waals surface area contributed by atoms with Crippen LogP contribution in [0.2, 0.25) is 0 Å². The molecule has 0 bridgehead atoms. The van der Waals surface area contributed by atoms with Crippen molar-refractivity contribution in [1.82, 2.24) is 14.5 Å². The smallest absolute Gasteiger partial charge is 0.112 e. The van der Waals surface area contributed by atoms with Crippen molar-refractivity contribution in [1.29, 1.82) is 0 Å². The van der Waals surface area contributed by atoms with E-state index in [0.29, 0.717) is 11.8 Å². The van der Waals surface area contributed by atoms with Crippen LogP contribution in [0, 0.1) is 6.92 Å². The van der Waals surface area contributed by atoms with Crippen LogP contribution in [0.1, 0.15) is 74.1 Å². The van der Waals surface area contributed by atoms with Crippen LogP contribution in [0.5, 0.6) is 0 Å². The Morgan fingerprint density at radius 2 is 1.77 bits per heavy atom. The minimum absolute atomic E-state index is 0.102. The highest BCUT2D eigenvalue weighted by Crippen LogP contribution is 2.30. The lowest BCUT2D eigenvalue weighted by molar-refractivity contribution is 0.193. The summed E-state index contributed by atoms with van der Waals surface area (Å²) in [6, 6.07) is 9.19. The van der Waals surface area contributed by atoms with E-state index in [1.807, 2.05) is 6.20 Å². The van der Waals surface area contributed by atoms with Crippen molar-refractivity contribution < 1.29 is 5.11 Å². The van der Waals surface area contributed by atoms with Gasteiger partial charge in [0.2, 0.25) is 0 Å². The Labute approximate surface area is 157 Å². The molecule has 0 amide bonds. The number of imidazole rings is 1. The van der Waals surface area contributed by atoms with Gasteiger partial charge < -0.3 is 9.67 Å². The predicted molar refractivity (Wildman–Crippen MR) is 107 cm³/mol. The molecule has 26 heavy (non-hydrogen) atoms. The molecule has 1 aromatic heterocycles. The normalized spacial score (nSPS) is 17.8. The molecule has 142 valence electrons. The molecule has 1 atom stereocenters. The van der Waals surface area contributed by atoms with Gasteiger partial charge >= 0.3 is 0 Å². The molecule has 1 N–H and O–H groups in total. The average molecular weight is 356 g/mol. The number of aliphatic hydroxyl groups excluding tert-OH is 1. The Kier molecular flexibility index (Phi) is 6.15. The quantitative estimate of drug-likeness (QED) is 0.842. The molecule has 0 radical (unpaired) electrons. The maximum atomic E-state index is 9.56. The number of nitrogens with zero attached hydrogens (tertiary/aromatic N) is 3. The first-order valence-electron chi connectivity index (χ1n) is 9.95. The third-order valence-electron chi connectivity index (χ3n) is 5.72. The van der Waals surface area contributed by atoms with Crippen LogP contribution >= 0.6 is 0 Å². The molecule has 2 aromatic rings. The molecule has 3 rings (SSSR count). The first kappa shape index (κ1) is 19.1. The summed E-state index contributed by atoms with van der Waals surface area (Å²) >= 11 is 0. The van der Waals surface area contributed by atoms with Crippen LogP contribution in [-0.2, 0) is 6.54 Å². The molecule has 2 heterocycles. The molecule has 1 aromatic carbocycles. The van der Waals surface area contributed by atoms with Crippen LogP contribution in [-0.4, -0.2) is 39.3 Å². The van der Waals surface area contributed by atoms with Crippen molar-refractivity contribution in [2.45, 2.75) is 65.0 Å². The maximum Gasteiger partial charge on any atom is 0.112 e. The standard InChI is InChI=1S/C22H33N3O/c1-16(2)20-7-5-19(6-8-20)14-24-11-9-21(10-12-24)22-23-13-17(3)25(22)18(4)15-26/h5-8,13,16,18,21,26H,9-12,14-15H2,1-4H3. The zero-order valence-electron chi connectivity index (χ0n) is 16.7. The van der Waals surface area contributed by atoms with Gasteiger partial charge in [-0.1, -0.05) is 38.1 Å². The molecular weight excluding hydrogens is 322 g/mol. The fourth-order valence-corrected chi connectivity index (χ4v) is 4.04. The molecule has 1 saturated heterocycles. The van der Waals surface area contributed by atoms with Gasteiger partial charge in [-0.05, 0) is 56.8 Å². The molecule has 1 aliphatic rings. The minimum atomic E-state index is 0.102. The SMILES string of the molecule is Cc1cnc(C2CCN(Cc3ccc(C(C)C)cc3)CC2)n1C(C)CO. The summed E-state index contributed by atoms with van der Waals surface area (Å²) in [5, 5.41) is 9.56. The van der Waals surface area contributed by atoms with Gasteiger partial charge in [-0.15, -0.1) is 0 Å². The van der Waals surface area contributed by atoms with Crippen molar-refractivity contribution in [2.24, 2.45) is 0 Å². The van der Waals surface area contributed by atoms with E-state index in [1.165, 1.54) is 11.1 Å². The Morgan fingerprint density at radius 1 is 1.12 bits per heavy atom. The molecule has 1 fully saturated rings. The first-order valence-corrected chi connectivity index (χ1v) is 9.95. The lowest BCUT2D eigenvalue weighted by atomic mass is 9.95. The summed E-state index contributed by atoms with van der Waals surface area (Å²) in [4.78, 5) is 7.23. The molecule has 0 spiro atoms. The number of aliphatic hydroxyl groups is 1. The predicted octanol–water partition coefficient (Wildman–Crippen LogP) is 4.25. The Bertz CT molecular complexity index is 697. The highest BCUT2D eigenvalue weighted by molar-refractivity contribution is 5.24. The molecule has 4 nitrogen and oxygen atoms in total. The van der Waals surface area contributed by atoms with E-state index in [0.717, 1.165) is 44.0 Å². The zero-order valence-corrected chi connectivity index (χ0v) is 16.7. The summed E-state index contributed by atoms with van der Waals surface area (Å²) in [6.45, 7) is 12.0. The fourth-order valence-electron chi connectivity index (χ4n) is 4.04. The molecule has 0 aliphatic carbocycles. The second-order valence-electron chi connectivity index (χ2n) is 8.11. The number of hydrogen-bond donors (Lipinski definition) is 1. The van der Waals surface area contributed by atoms with Crippen molar-refractivity contribution in [2.75, 3.05) is 19.7 Å². The third kappa shape index (κ3) is 4.18. The fraction of sp³-hybridized carbons (Fsp3) is 0.591. The van der Waals surface area contributed by atoms with Gasteiger partial charge in [0.15, 0.2) is 0 Å². The van der Waals surface area contributed by atoms with Crippen LogP contribution in [0.15, 0.2) is 30.5 Å². The topological polar surface area (TPSA) is 41.3 Å². The number of benzene rings is 1. The van der Waals surface area contributed by atoms with Gasteiger partial charge in [0.25, 0.3) is 0 Å². The Balaban J connectivity index is 1.59. The molecule has 4 heteroatoms. The van der Waals surface area contributed by atoms with E-state index in [4.69, 9.17) is 0 Å². The zero-order chi connectivity index (χ0) is 18.7. The minimum Gasteiger partial charge on any atom is -0.394 e. The van der Waals surface area contributed by atoms with E-state index in [2.05, 4.69) is 66.4 Å². The van der Waals surface area contributed by atoms with Gasteiger partial charge in [-0.3, -0.25) is 4.90 Å². The van der Waals surface area contributed by atoms with Gasteiger partial charge in [0, 0.05) is 24.4 Å². The highest BCUT2D eigenvalue weighted by Gasteiger charge is 2.26. The second kappa shape index (κ2) is 8.36. The summed E-state index contributed by atoms with van der Waals surface area (Å²) < 4.78 is 2.23. The molecule has 1 unspecified atom stereocenters. The lowest BCUT2D eigenvalue weighted by Gasteiger charge is -2.32. The summed E-state index contributed by atoms with van der Waals surface area (Å²) in [7, 11) is 0. The van der Waals surface area contributed by atoms with Gasteiger partial charge in [0.05, 0.1) is 12.6 Å². The number of rotatable bonds is 6. The lowest BCUT2D eigenvalue weighted by Crippen LogP contribution is -2.33. The van der Waals surface area contributed by atoms with Crippen LogP contribution < -0.4 is 0 Å². The van der Waals surface area contributed by atoms with Crippen LogP contribution in [0.3, 0.4) is 0 Å². The molecule has 0 saturated carbocycles. The summed E-state index contributed by atoms with van der Waals surface area (Å²) in [5.74, 6) is 2.25. The number of likely N-dealkylation sites (tertiary alicyclic amines) is 1. The number of piperidine rings is 1. The van der Waals surface area contributed by atoms with E-state index in [9.17, 15) is 5.11 Å². The Hall–Kier alpha value is -1.65. The largest absolute Gasteiger partial charge is 0.394 e. The van der Waals surface area contributed by atoms with Crippen molar-refractivity contribution in [3.63, 3.8) is 0 Å². The van der Waals surface area contributed by atoms with E-state index in [1.54, 1.807) is 0 Å². The highest BCUT2D eigenvalue weighted by atomic mass is 16.3. The third-order valence-corrected chi connectivity index (χ3v) is 5.72. The van der Waals surface area contributed by atoms with Crippen molar-refractivity contribution in [3.8, 4) is 0 Å². The van der Waals surface area contributed by atoms with Crippen molar-refractivity contribution in [3.05, 3.63) is 53.1 Å². The van der Waals surface area contributed by atoms with E-state index in [-0.39, 0.29) is 12.6 Å². The average Bonchev–Trinajstić information content (AvgIpc) is 3.03. The van der Waals surface area contributed by atoms with Gasteiger partial charge in [0.1, 0.15) is 5.82 Å². The maximum absolute atomic E-state index is 9.56. The summed E-state index contributed by atoms with van der Waals surface area (Å²) in [5.41, 5.74) is 3.96. The van der Waals surface area contributed by atoms with Crippen LogP contribution in [0.25, 0.3) is 0 Å². The Morgan fingerprint density at radius 3 is 2.35 bits per heavy atom. The number of aryl methyl sites for hydroxylation is 1. The van der Waals surface area contributed by atoms with Crippen LogP contribution in [0.4, 0.5) is 0 Å². The first-order chi connectivity index (χ1) is 12.5. The van der Waals surface area contributed by atoms with Gasteiger partial charge in [-0.2, -0.15) is 0 Å².